The first kappa shape index (κ1) is 18.7. The molecule has 0 saturated heterocycles. The molecule has 2 amide bonds. The maximum Gasteiger partial charge on any atom is 0.319 e. The number of aryl methyl sites for hydroxylation is 1. The third-order valence-electron chi connectivity index (χ3n) is 5.29. The van der Waals surface area contributed by atoms with Crippen LogP contribution in [0.5, 0.6) is 0 Å². The fourth-order valence-corrected chi connectivity index (χ4v) is 4.05. The number of imidazole rings is 1. The van der Waals surface area contributed by atoms with E-state index >= 15 is 0 Å². The number of nitrogens with one attached hydrogen (secondary N) is 2. The van der Waals surface area contributed by atoms with Crippen LogP contribution in [0, 0.1) is 6.92 Å². The third kappa shape index (κ3) is 3.97. The van der Waals surface area contributed by atoms with E-state index in [4.69, 9.17) is 16.6 Å². The molecule has 2 aromatic heterocycles. The van der Waals surface area contributed by atoms with Gasteiger partial charge in [0.15, 0.2) is 5.65 Å². The lowest BCUT2D eigenvalue weighted by atomic mass is 10.2. The van der Waals surface area contributed by atoms with Crippen molar-refractivity contribution in [1.29, 1.82) is 0 Å². The lowest BCUT2D eigenvalue weighted by Gasteiger charge is -2.16. The first-order valence-electron chi connectivity index (χ1n) is 9.74. The first-order chi connectivity index (χ1) is 13.6. The van der Waals surface area contributed by atoms with Gasteiger partial charge in [0.05, 0.1) is 0 Å². The monoisotopic (exact) mass is 397 g/mol. The molecule has 6 nitrogen and oxygen atoms in total. The van der Waals surface area contributed by atoms with Gasteiger partial charge in [0.2, 0.25) is 0 Å². The molecule has 1 aliphatic carbocycles. The number of nitrogens with zero attached hydrogens (tertiary/aromatic N) is 3. The van der Waals surface area contributed by atoms with Crippen molar-refractivity contribution in [2.75, 3.05) is 11.9 Å². The van der Waals surface area contributed by atoms with Crippen LogP contribution in [0.4, 0.5) is 10.5 Å². The fourth-order valence-electron chi connectivity index (χ4n) is 3.88. The first-order valence-corrected chi connectivity index (χ1v) is 10.1. The number of pyridine rings is 1. The molecule has 3 aromatic rings. The number of amides is 2. The van der Waals surface area contributed by atoms with E-state index in [0.717, 1.165) is 35.4 Å². The summed E-state index contributed by atoms with van der Waals surface area (Å²) in [6, 6.07) is 9.57. The van der Waals surface area contributed by atoms with E-state index in [1.54, 1.807) is 6.07 Å². The summed E-state index contributed by atoms with van der Waals surface area (Å²) in [5, 5.41) is 6.38. The number of hydrogen-bond donors (Lipinski definition) is 2. The summed E-state index contributed by atoms with van der Waals surface area (Å²) in [5.41, 5.74) is 3.55. The molecule has 1 aromatic carbocycles. The fraction of sp³-hybridized carbons (Fsp3) is 0.381. The van der Waals surface area contributed by atoms with Gasteiger partial charge in [0.1, 0.15) is 11.3 Å². The van der Waals surface area contributed by atoms with E-state index in [2.05, 4.69) is 20.2 Å². The second-order valence-corrected chi connectivity index (χ2v) is 7.71. The van der Waals surface area contributed by atoms with Crippen LogP contribution in [0.2, 0.25) is 5.02 Å². The minimum Gasteiger partial charge on any atom is -0.337 e. The number of hydrogen-bond acceptors (Lipinski definition) is 3. The number of aromatic nitrogens is 3. The van der Waals surface area contributed by atoms with Gasteiger partial charge in [-0.05, 0) is 49.6 Å². The summed E-state index contributed by atoms with van der Waals surface area (Å²) in [6.45, 7) is 2.43. The summed E-state index contributed by atoms with van der Waals surface area (Å²) in [4.78, 5) is 21.6. The second-order valence-electron chi connectivity index (χ2n) is 7.27. The van der Waals surface area contributed by atoms with Crippen LogP contribution in [0.15, 0.2) is 36.5 Å². The van der Waals surface area contributed by atoms with Crippen molar-refractivity contribution < 1.29 is 4.79 Å². The van der Waals surface area contributed by atoms with Gasteiger partial charge in [-0.15, -0.1) is 0 Å². The number of fused-ring (bicyclic) bond motifs is 1. The van der Waals surface area contributed by atoms with Gasteiger partial charge in [0.25, 0.3) is 0 Å². The Kier molecular flexibility index (Phi) is 5.48. The van der Waals surface area contributed by atoms with E-state index in [1.165, 1.54) is 12.8 Å². The highest BCUT2D eigenvalue weighted by Crippen LogP contribution is 2.33. The predicted octanol–water partition coefficient (Wildman–Crippen LogP) is 4.87. The molecule has 0 atom stereocenters. The normalized spacial score (nSPS) is 14.5. The van der Waals surface area contributed by atoms with Gasteiger partial charge >= 0.3 is 6.03 Å². The summed E-state index contributed by atoms with van der Waals surface area (Å²) in [5.74, 6) is 0.986. The highest BCUT2D eigenvalue weighted by Gasteiger charge is 2.23. The van der Waals surface area contributed by atoms with E-state index in [0.29, 0.717) is 29.7 Å². The second kappa shape index (κ2) is 8.19. The third-order valence-corrected chi connectivity index (χ3v) is 5.53. The molecule has 2 heterocycles. The number of benzene rings is 1. The lowest BCUT2D eigenvalue weighted by Crippen LogP contribution is -2.31. The Labute approximate surface area is 169 Å². The minimum atomic E-state index is -0.244. The van der Waals surface area contributed by atoms with Gasteiger partial charge < -0.3 is 15.2 Å². The zero-order valence-electron chi connectivity index (χ0n) is 15.9. The van der Waals surface area contributed by atoms with Crippen LogP contribution < -0.4 is 10.6 Å². The molecule has 7 heteroatoms. The highest BCUT2D eigenvalue weighted by atomic mass is 35.5. The Morgan fingerprint density at radius 3 is 2.93 bits per heavy atom. The quantitative estimate of drug-likeness (QED) is 0.644. The molecule has 146 valence electrons. The number of carbonyl (C=O) groups is 1. The molecule has 0 aliphatic heterocycles. The Morgan fingerprint density at radius 2 is 2.11 bits per heavy atom. The smallest absolute Gasteiger partial charge is 0.319 e. The zero-order valence-corrected chi connectivity index (χ0v) is 16.7. The maximum atomic E-state index is 12.3. The Morgan fingerprint density at radius 1 is 1.29 bits per heavy atom. The Balaban J connectivity index is 1.43. The average Bonchev–Trinajstić information content (AvgIpc) is 3.31. The summed E-state index contributed by atoms with van der Waals surface area (Å²) in [7, 11) is 0. The molecule has 28 heavy (non-hydrogen) atoms. The van der Waals surface area contributed by atoms with Crippen LogP contribution in [-0.2, 0) is 6.42 Å². The topological polar surface area (TPSA) is 71.8 Å². The molecule has 1 fully saturated rings. The largest absolute Gasteiger partial charge is 0.337 e. The SMILES string of the molecule is Cc1ccc(Cl)cc1NC(=O)NCCc1nc2cccnc2n1C1CCCC1. The number of halogens is 1. The summed E-state index contributed by atoms with van der Waals surface area (Å²) in [6.07, 6.45) is 7.30. The van der Waals surface area contributed by atoms with Gasteiger partial charge in [-0.3, -0.25) is 0 Å². The van der Waals surface area contributed by atoms with E-state index in [1.807, 2.05) is 37.4 Å². The van der Waals surface area contributed by atoms with Crippen molar-refractivity contribution in [1.82, 2.24) is 19.9 Å². The molecule has 0 bridgehead atoms. The maximum absolute atomic E-state index is 12.3. The lowest BCUT2D eigenvalue weighted by molar-refractivity contribution is 0.252. The van der Waals surface area contributed by atoms with Crippen molar-refractivity contribution in [3.63, 3.8) is 0 Å². The molecule has 0 radical (unpaired) electrons. The Hall–Kier alpha value is -2.60. The number of carbonyl (C=O) groups excluding carboxylic acids is 1. The predicted molar refractivity (Wildman–Crippen MR) is 112 cm³/mol. The Bertz CT molecular complexity index is 994. The number of urea groups is 1. The van der Waals surface area contributed by atoms with Crippen LogP contribution in [0.3, 0.4) is 0 Å². The van der Waals surface area contributed by atoms with Crippen LogP contribution in [0.1, 0.15) is 43.1 Å². The van der Waals surface area contributed by atoms with Crippen molar-refractivity contribution in [2.45, 2.75) is 45.1 Å². The molecular formula is C21H24ClN5O. The van der Waals surface area contributed by atoms with Crippen molar-refractivity contribution in [2.24, 2.45) is 0 Å². The summed E-state index contributed by atoms with van der Waals surface area (Å²) >= 11 is 6.01. The van der Waals surface area contributed by atoms with Crippen LogP contribution >= 0.6 is 11.6 Å². The number of anilines is 1. The molecule has 4 rings (SSSR count). The van der Waals surface area contributed by atoms with Crippen LogP contribution in [0.25, 0.3) is 11.2 Å². The molecule has 0 unspecified atom stereocenters. The minimum absolute atomic E-state index is 0.244. The van der Waals surface area contributed by atoms with Crippen molar-refractivity contribution in [3.05, 3.63) is 52.9 Å². The standard InChI is InChI=1S/C21H24ClN5O/c1-14-8-9-15(22)13-18(14)26-21(28)24-12-10-19-25-17-7-4-11-23-20(17)27(19)16-5-2-3-6-16/h4,7-9,11,13,16H,2-3,5-6,10,12H2,1H3,(H2,24,26,28). The van der Waals surface area contributed by atoms with E-state index in [-0.39, 0.29) is 6.03 Å². The summed E-state index contributed by atoms with van der Waals surface area (Å²) < 4.78 is 2.28. The van der Waals surface area contributed by atoms with Gasteiger partial charge in [-0.2, -0.15) is 0 Å². The van der Waals surface area contributed by atoms with Crippen molar-refractivity contribution in [3.8, 4) is 0 Å². The van der Waals surface area contributed by atoms with Gasteiger partial charge in [0, 0.05) is 35.9 Å². The molecule has 0 spiro atoms. The molecule has 1 saturated carbocycles. The zero-order chi connectivity index (χ0) is 19.5. The van der Waals surface area contributed by atoms with E-state index < -0.39 is 0 Å². The molecule has 1 aliphatic rings. The highest BCUT2D eigenvalue weighted by molar-refractivity contribution is 6.31. The molecule has 2 N–H and O–H groups in total. The van der Waals surface area contributed by atoms with Gasteiger partial charge in [-0.1, -0.05) is 30.5 Å². The number of rotatable bonds is 5. The molecular weight excluding hydrogens is 374 g/mol. The average molecular weight is 398 g/mol. The van der Waals surface area contributed by atoms with Crippen molar-refractivity contribution >= 4 is 34.5 Å². The van der Waals surface area contributed by atoms with E-state index in [9.17, 15) is 4.79 Å². The van der Waals surface area contributed by atoms with Gasteiger partial charge in [-0.25, -0.2) is 14.8 Å². The van der Waals surface area contributed by atoms with Crippen LogP contribution in [-0.4, -0.2) is 27.1 Å².